The van der Waals surface area contributed by atoms with Gasteiger partial charge >= 0.3 is 11.9 Å². The van der Waals surface area contributed by atoms with E-state index in [1.54, 1.807) is 46.1 Å². The maximum atomic E-state index is 15.3. The second kappa shape index (κ2) is 15.9. The molecule has 2 saturated heterocycles. The maximum Gasteiger partial charge on any atom is 0.341 e. The molecule has 2 fully saturated rings. The van der Waals surface area contributed by atoms with Gasteiger partial charge in [-0.3, -0.25) is 9.59 Å². The first-order valence-electron chi connectivity index (χ1n) is 20.0. The fraction of sp³-hybridized carbons (Fsp3) is 0.333. The normalized spacial score (nSPS) is 19.1. The molecule has 18 nitrogen and oxygen atoms in total. The fourth-order valence-electron chi connectivity index (χ4n) is 8.54. The van der Waals surface area contributed by atoms with Crippen LogP contribution in [0.25, 0.3) is 21.8 Å². The van der Waals surface area contributed by atoms with Crippen molar-refractivity contribution >= 4 is 57.0 Å². The number of carbonyl (C=O) groups is 2. The van der Waals surface area contributed by atoms with Gasteiger partial charge in [0.25, 0.3) is 0 Å². The van der Waals surface area contributed by atoms with E-state index in [1.807, 2.05) is 28.5 Å². The lowest BCUT2D eigenvalue weighted by atomic mass is 10.1. The number of benzene rings is 2. The zero-order chi connectivity index (χ0) is 43.4. The molecule has 4 aromatic heterocycles. The molecule has 62 heavy (non-hydrogen) atoms. The molecule has 8 heterocycles. The lowest BCUT2D eigenvalue weighted by Gasteiger charge is -2.38. The number of anilines is 4. The van der Waals surface area contributed by atoms with Gasteiger partial charge in [-0.05, 0) is 44.5 Å². The van der Waals surface area contributed by atoms with Gasteiger partial charge in [-0.25, -0.2) is 38.3 Å². The zero-order valence-corrected chi connectivity index (χ0v) is 33.5. The highest BCUT2D eigenvalue weighted by atomic mass is 19.1. The predicted molar refractivity (Wildman–Crippen MR) is 223 cm³/mol. The first kappa shape index (κ1) is 40.0. The molecule has 4 aliphatic rings. The van der Waals surface area contributed by atoms with Crippen LogP contribution in [0.4, 0.5) is 32.1 Å². The summed E-state index contributed by atoms with van der Waals surface area (Å²) in [7, 11) is 0. The summed E-state index contributed by atoms with van der Waals surface area (Å²) in [6.07, 6.45) is 10.1. The first-order valence-corrected chi connectivity index (χ1v) is 20.0. The Bertz CT molecular complexity index is 2740. The monoisotopic (exact) mass is 850 g/mol. The lowest BCUT2D eigenvalue weighted by molar-refractivity contribution is 0.0683. The number of aromatic nitrogens is 6. The van der Waals surface area contributed by atoms with Crippen LogP contribution in [0.3, 0.4) is 0 Å². The molecular formula is C42H40F2N10O8. The van der Waals surface area contributed by atoms with Crippen LogP contribution >= 0.6 is 0 Å². The summed E-state index contributed by atoms with van der Waals surface area (Å²) in [4.78, 5) is 71.1. The van der Waals surface area contributed by atoms with Crippen LogP contribution in [0.2, 0.25) is 0 Å². The average Bonchev–Trinajstić information content (AvgIpc) is 3.72. The van der Waals surface area contributed by atoms with E-state index in [4.69, 9.17) is 9.47 Å². The molecule has 10 rings (SSSR count). The van der Waals surface area contributed by atoms with Crippen LogP contribution in [0, 0.1) is 11.6 Å². The predicted octanol–water partition coefficient (Wildman–Crippen LogP) is 4.18. The van der Waals surface area contributed by atoms with Crippen molar-refractivity contribution in [3.63, 3.8) is 0 Å². The van der Waals surface area contributed by atoms with E-state index in [0.29, 0.717) is 67.9 Å². The standard InChI is InChI=1S/2C21H20FN5O4/c1-11-10-31-19-16-13(18(28)14(20(29)30)9-27(11)16)7-15(22)17(19)26-6-3-12(8-26)25-21-23-4-2-5-24-21;1-12-11-31-19-16-13(18(28)14(20(29)30)10-27(12)16)9-15(22)17(19)25-5-7-26(8-6-25)21-23-3-2-4-24-21/h2,4-5,7,9,11-12H,3,6,8,10H2,1H3,(H,29,30)(H,23,24,25);2-4,9-10,12H,5-8,11H2,1H3,(H,29,30)/t11-,12+;12-/m00/s1. The summed E-state index contributed by atoms with van der Waals surface area (Å²) in [5, 5.41) is 22.1. The Morgan fingerprint density at radius 1 is 0.694 bits per heavy atom. The summed E-state index contributed by atoms with van der Waals surface area (Å²) in [5.41, 5.74) is -0.756. The number of aromatic carboxylic acids is 2. The van der Waals surface area contributed by atoms with Crippen LogP contribution in [-0.4, -0.2) is 110 Å². The van der Waals surface area contributed by atoms with Crippen molar-refractivity contribution in [2.24, 2.45) is 0 Å². The van der Waals surface area contributed by atoms with Gasteiger partial charge in [0.15, 0.2) is 23.1 Å². The summed E-state index contributed by atoms with van der Waals surface area (Å²) < 4.78 is 45.8. The Labute approximate surface area is 350 Å². The van der Waals surface area contributed by atoms with Crippen molar-refractivity contribution in [2.45, 2.75) is 38.4 Å². The molecule has 0 spiro atoms. The number of rotatable bonds is 7. The van der Waals surface area contributed by atoms with E-state index in [2.05, 4.69) is 25.3 Å². The molecule has 0 amide bonds. The molecule has 0 aliphatic carbocycles. The molecule has 0 bridgehead atoms. The summed E-state index contributed by atoms with van der Waals surface area (Å²) in [6.45, 7) is 7.53. The Morgan fingerprint density at radius 3 is 1.66 bits per heavy atom. The van der Waals surface area contributed by atoms with Gasteiger partial charge in [0.1, 0.15) is 35.7 Å². The number of hydrogen-bond acceptors (Lipinski definition) is 14. The van der Waals surface area contributed by atoms with E-state index in [9.17, 15) is 29.4 Å². The Hall–Kier alpha value is -7.38. The van der Waals surface area contributed by atoms with Crippen molar-refractivity contribution in [2.75, 3.05) is 72.5 Å². The van der Waals surface area contributed by atoms with E-state index in [-0.39, 0.29) is 70.4 Å². The number of piperazine rings is 1. The van der Waals surface area contributed by atoms with Gasteiger partial charge in [0.2, 0.25) is 22.8 Å². The van der Waals surface area contributed by atoms with Crippen molar-refractivity contribution in [3.05, 3.63) is 105 Å². The molecule has 20 heteroatoms. The number of pyridine rings is 2. The number of nitrogens with one attached hydrogen (secondary N) is 1. The molecule has 4 aliphatic heterocycles. The molecule has 0 saturated carbocycles. The SMILES string of the molecule is C[C@H]1COc2c(N3CCN(c4ncccn4)CC3)c(F)cc3c(=O)c(C(=O)O)cn1c23.C[C@H]1COc2c(N3CC[C@@H](Nc4ncccn4)C3)c(F)cc3c(=O)c(C(=O)O)cn1c23. The zero-order valence-electron chi connectivity index (χ0n) is 33.5. The Balaban J connectivity index is 0.000000158. The number of nitrogens with zero attached hydrogens (tertiary/aromatic N) is 9. The van der Waals surface area contributed by atoms with Gasteiger partial charge in [-0.2, -0.15) is 0 Å². The van der Waals surface area contributed by atoms with Crippen molar-refractivity contribution < 1.29 is 38.1 Å². The second-order valence-corrected chi connectivity index (χ2v) is 15.5. The smallest absolute Gasteiger partial charge is 0.341 e. The minimum atomic E-state index is -1.34. The summed E-state index contributed by atoms with van der Waals surface area (Å²) >= 11 is 0. The largest absolute Gasteiger partial charge is 0.487 e. The number of halogens is 2. The quantitative estimate of drug-likeness (QED) is 0.206. The van der Waals surface area contributed by atoms with Crippen molar-refractivity contribution in [1.29, 1.82) is 0 Å². The van der Waals surface area contributed by atoms with Gasteiger partial charge < -0.3 is 48.8 Å². The highest BCUT2D eigenvalue weighted by Crippen LogP contribution is 2.44. The van der Waals surface area contributed by atoms with Crippen LogP contribution in [0.5, 0.6) is 11.5 Å². The van der Waals surface area contributed by atoms with Crippen molar-refractivity contribution in [1.82, 2.24) is 29.1 Å². The van der Waals surface area contributed by atoms with Gasteiger partial charge in [-0.15, -0.1) is 0 Å². The minimum Gasteiger partial charge on any atom is -0.487 e. The fourth-order valence-corrected chi connectivity index (χ4v) is 8.54. The molecule has 6 aromatic rings. The molecular weight excluding hydrogens is 811 g/mol. The number of carboxylic acid groups (broad SMARTS) is 2. The molecule has 2 aromatic carbocycles. The lowest BCUT2D eigenvalue weighted by Crippen LogP contribution is -2.47. The van der Waals surface area contributed by atoms with Gasteiger partial charge in [0.05, 0.1) is 33.9 Å². The molecule has 3 N–H and O–H groups in total. The third-order valence-electron chi connectivity index (χ3n) is 11.6. The molecule has 320 valence electrons. The number of hydrogen-bond donors (Lipinski definition) is 3. The minimum absolute atomic E-state index is 0.00857. The van der Waals surface area contributed by atoms with E-state index in [1.165, 1.54) is 12.4 Å². The highest BCUT2D eigenvalue weighted by molar-refractivity contribution is 5.98. The number of ether oxygens (including phenoxy) is 2. The Kier molecular flexibility index (Phi) is 10.3. The molecule has 0 radical (unpaired) electrons. The van der Waals surface area contributed by atoms with Gasteiger partial charge in [-0.1, -0.05) is 0 Å². The topological polar surface area (TPSA) is 210 Å². The van der Waals surface area contributed by atoms with Crippen LogP contribution in [-0.2, 0) is 0 Å². The second-order valence-electron chi connectivity index (χ2n) is 15.5. The summed E-state index contributed by atoms with van der Waals surface area (Å²) in [6, 6.07) is 5.37. The van der Waals surface area contributed by atoms with Crippen molar-refractivity contribution in [3.8, 4) is 11.5 Å². The molecule has 3 atom stereocenters. The number of carboxylic acids is 2. The Morgan fingerprint density at radius 2 is 1.16 bits per heavy atom. The van der Waals surface area contributed by atoms with Gasteiger partial charge in [0, 0.05) is 82.5 Å². The van der Waals surface area contributed by atoms with Crippen LogP contribution < -0.4 is 40.3 Å². The highest BCUT2D eigenvalue weighted by Gasteiger charge is 2.34. The maximum absolute atomic E-state index is 15.3. The van der Waals surface area contributed by atoms with E-state index >= 15 is 8.78 Å². The molecule has 0 unspecified atom stereocenters. The first-order chi connectivity index (χ1) is 29.9. The van der Waals surface area contributed by atoms with E-state index < -0.39 is 34.4 Å². The third kappa shape index (κ3) is 6.99. The van der Waals surface area contributed by atoms with Crippen LogP contribution in [0.15, 0.2) is 71.0 Å². The third-order valence-corrected chi connectivity index (χ3v) is 11.6. The van der Waals surface area contributed by atoms with E-state index in [0.717, 1.165) is 18.6 Å². The summed E-state index contributed by atoms with van der Waals surface area (Å²) in [5.74, 6) is -2.19. The average molecular weight is 851 g/mol. The van der Waals surface area contributed by atoms with Crippen LogP contribution in [0.1, 0.15) is 53.1 Å².